The summed E-state index contributed by atoms with van der Waals surface area (Å²) in [7, 11) is 0. The molecule has 0 saturated carbocycles. The molecule has 1 rings (SSSR count). The molecule has 1 atom stereocenters. The van der Waals surface area contributed by atoms with Crippen molar-refractivity contribution in [2.45, 2.75) is 39.7 Å². The highest BCUT2D eigenvalue weighted by Crippen LogP contribution is 2.34. The molecule has 1 fully saturated rings. The van der Waals surface area contributed by atoms with Gasteiger partial charge in [-0.25, -0.2) is 4.79 Å². The fraction of sp³-hybridized carbons (Fsp3) is 0.769. The van der Waals surface area contributed by atoms with Crippen LogP contribution in [-0.4, -0.2) is 40.6 Å². The Morgan fingerprint density at radius 2 is 2.11 bits per heavy atom. The number of amides is 1. The van der Waals surface area contributed by atoms with E-state index in [1.807, 2.05) is 20.8 Å². The third-order valence-electron chi connectivity index (χ3n) is 2.79. The SMILES string of the molecule is CC(=O)SCC1(C#N)CCN(C(=O)OC(C)(C)C)C1. The molecule has 1 aliphatic rings. The summed E-state index contributed by atoms with van der Waals surface area (Å²) >= 11 is 1.14. The number of thioether (sulfide) groups is 1. The normalized spacial score (nSPS) is 23.0. The highest BCUT2D eigenvalue weighted by molar-refractivity contribution is 8.13. The largest absolute Gasteiger partial charge is 0.444 e. The van der Waals surface area contributed by atoms with E-state index in [0.29, 0.717) is 25.3 Å². The van der Waals surface area contributed by atoms with Crippen LogP contribution in [0.4, 0.5) is 4.79 Å². The lowest BCUT2D eigenvalue weighted by Gasteiger charge is -2.25. The van der Waals surface area contributed by atoms with Gasteiger partial charge >= 0.3 is 6.09 Å². The molecule has 0 aromatic rings. The molecule has 0 aromatic carbocycles. The maximum atomic E-state index is 11.9. The van der Waals surface area contributed by atoms with Crippen LogP contribution >= 0.6 is 11.8 Å². The molecule has 0 N–H and O–H groups in total. The van der Waals surface area contributed by atoms with Gasteiger partial charge in [-0.3, -0.25) is 4.79 Å². The lowest BCUT2D eigenvalue weighted by atomic mass is 9.92. The van der Waals surface area contributed by atoms with E-state index in [-0.39, 0.29) is 5.12 Å². The number of likely N-dealkylation sites (tertiary alicyclic amines) is 1. The average Bonchev–Trinajstić information content (AvgIpc) is 2.69. The zero-order valence-corrected chi connectivity index (χ0v) is 12.7. The van der Waals surface area contributed by atoms with E-state index in [1.54, 1.807) is 4.90 Å². The summed E-state index contributed by atoms with van der Waals surface area (Å²) in [5.74, 6) is 0.429. The van der Waals surface area contributed by atoms with Crippen molar-refractivity contribution in [3.8, 4) is 6.07 Å². The Kier molecular flexibility index (Phi) is 4.86. The van der Waals surface area contributed by atoms with Gasteiger partial charge in [0, 0.05) is 25.8 Å². The van der Waals surface area contributed by atoms with Crippen molar-refractivity contribution in [2.24, 2.45) is 5.41 Å². The highest BCUT2D eigenvalue weighted by Gasteiger charge is 2.41. The molecule has 19 heavy (non-hydrogen) atoms. The van der Waals surface area contributed by atoms with E-state index in [1.165, 1.54) is 6.92 Å². The van der Waals surface area contributed by atoms with E-state index in [4.69, 9.17) is 4.74 Å². The molecule has 5 nitrogen and oxygen atoms in total. The van der Waals surface area contributed by atoms with E-state index in [2.05, 4.69) is 6.07 Å². The standard InChI is InChI=1S/C13H20N2O3S/c1-10(16)19-9-13(7-14)5-6-15(8-13)11(17)18-12(2,3)4/h5-6,8-9H2,1-4H3. The fourth-order valence-corrected chi connectivity index (χ4v) is 2.62. The van der Waals surface area contributed by atoms with Crippen LogP contribution in [0.25, 0.3) is 0 Å². The quantitative estimate of drug-likeness (QED) is 0.778. The number of carbonyl (C=O) groups is 2. The van der Waals surface area contributed by atoms with E-state index in [0.717, 1.165) is 11.8 Å². The molecule has 0 aliphatic carbocycles. The summed E-state index contributed by atoms with van der Waals surface area (Å²) in [5, 5.41) is 9.30. The van der Waals surface area contributed by atoms with Crippen LogP contribution in [0, 0.1) is 16.7 Å². The van der Waals surface area contributed by atoms with Gasteiger partial charge in [-0.05, 0) is 27.2 Å². The minimum absolute atomic E-state index is 0.00894. The number of nitriles is 1. The number of rotatable bonds is 2. The lowest BCUT2D eigenvalue weighted by molar-refractivity contribution is -0.109. The first kappa shape index (κ1) is 15.8. The molecular weight excluding hydrogens is 264 g/mol. The van der Waals surface area contributed by atoms with Crippen molar-refractivity contribution in [1.29, 1.82) is 5.26 Å². The van der Waals surface area contributed by atoms with Crippen molar-refractivity contribution < 1.29 is 14.3 Å². The van der Waals surface area contributed by atoms with Gasteiger partial charge in [0.15, 0.2) is 5.12 Å². The van der Waals surface area contributed by atoms with Crippen molar-refractivity contribution in [3.05, 3.63) is 0 Å². The Morgan fingerprint density at radius 3 is 2.58 bits per heavy atom. The molecule has 1 aliphatic heterocycles. The van der Waals surface area contributed by atoms with Crippen LogP contribution < -0.4 is 0 Å². The Morgan fingerprint density at radius 1 is 1.47 bits per heavy atom. The second-order valence-corrected chi connectivity index (χ2v) is 6.98. The van der Waals surface area contributed by atoms with Gasteiger partial charge in [-0.2, -0.15) is 5.26 Å². The Balaban J connectivity index is 2.62. The van der Waals surface area contributed by atoms with E-state index in [9.17, 15) is 14.9 Å². The van der Waals surface area contributed by atoms with Crippen LogP contribution in [0.2, 0.25) is 0 Å². The Hall–Kier alpha value is -1.22. The summed E-state index contributed by atoms with van der Waals surface area (Å²) in [4.78, 5) is 24.5. The molecule has 0 aromatic heterocycles. The molecule has 1 saturated heterocycles. The molecule has 1 amide bonds. The molecular formula is C13H20N2O3S. The van der Waals surface area contributed by atoms with Crippen LogP contribution in [0.5, 0.6) is 0 Å². The number of hydrogen-bond acceptors (Lipinski definition) is 5. The predicted molar refractivity (Wildman–Crippen MR) is 73.6 cm³/mol. The van der Waals surface area contributed by atoms with Crippen molar-refractivity contribution in [3.63, 3.8) is 0 Å². The van der Waals surface area contributed by atoms with Gasteiger partial charge in [-0.15, -0.1) is 0 Å². The van der Waals surface area contributed by atoms with Crippen LogP contribution in [-0.2, 0) is 9.53 Å². The maximum absolute atomic E-state index is 11.9. The van der Waals surface area contributed by atoms with Crippen LogP contribution in [0.3, 0.4) is 0 Å². The molecule has 0 radical (unpaired) electrons. The van der Waals surface area contributed by atoms with Gasteiger partial charge < -0.3 is 9.64 Å². The van der Waals surface area contributed by atoms with Crippen molar-refractivity contribution >= 4 is 23.0 Å². The first-order chi connectivity index (χ1) is 8.67. The van der Waals surface area contributed by atoms with E-state index < -0.39 is 17.1 Å². The third kappa shape index (κ3) is 4.75. The summed E-state index contributed by atoms with van der Waals surface area (Å²) in [6, 6.07) is 2.26. The van der Waals surface area contributed by atoms with Gasteiger partial charge in [0.25, 0.3) is 0 Å². The highest BCUT2D eigenvalue weighted by atomic mass is 32.2. The summed E-state index contributed by atoms with van der Waals surface area (Å²) in [5.41, 5.74) is -1.17. The molecule has 106 valence electrons. The average molecular weight is 284 g/mol. The first-order valence-corrected chi connectivity index (χ1v) is 7.19. The predicted octanol–water partition coefficient (Wildman–Crippen LogP) is 2.42. The first-order valence-electron chi connectivity index (χ1n) is 6.20. The minimum Gasteiger partial charge on any atom is -0.444 e. The monoisotopic (exact) mass is 284 g/mol. The van der Waals surface area contributed by atoms with Gasteiger partial charge in [0.05, 0.1) is 11.5 Å². The van der Waals surface area contributed by atoms with Crippen molar-refractivity contribution in [2.75, 3.05) is 18.8 Å². The summed E-state index contributed by atoms with van der Waals surface area (Å²) in [6.07, 6.45) is 0.195. The molecule has 0 spiro atoms. The Bertz CT molecular complexity index is 411. The molecule has 1 heterocycles. The molecule has 1 unspecified atom stereocenters. The number of ether oxygens (including phenoxy) is 1. The second kappa shape index (κ2) is 5.83. The summed E-state index contributed by atoms with van der Waals surface area (Å²) < 4.78 is 5.29. The third-order valence-corrected chi connectivity index (χ3v) is 3.90. The van der Waals surface area contributed by atoms with Crippen LogP contribution in [0.15, 0.2) is 0 Å². The van der Waals surface area contributed by atoms with Gasteiger partial charge in [-0.1, -0.05) is 11.8 Å². The smallest absolute Gasteiger partial charge is 0.410 e. The van der Waals surface area contributed by atoms with Gasteiger partial charge in [0.1, 0.15) is 5.60 Å². The second-order valence-electron chi connectivity index (χ2n) is 5.82. The van der Waals surface area contributed by atoms with Gasteiger partial charge in [0.2, 0.25) is 0 Å². The topological polar surface area (TPSA) is 70.4 Å². The van der Waals surface area contributed by atoms with E-state index >= 15 is 0 Å². The molecule has 0 bridgehead atoms. The minimum atomic E-state index is -0.632. The number of nitrogens with zero attached hydrogens (tertiary/aromatic N) is 2. The summed E-state index contributed by atoms with van der Waals surface area (Å²) in [6.45, 7) is 7.74. The zero-order chi connectivity index (χ0) is 14.7. The Labute approximate surface area is 118 Å². The van der Waals surface area contributed by atoms with Crippen LogP contribution in [0.1, 0.15) is 34.1 Å². The fourth-order valence-electron chi connectivity index (χ4n) is 1.84. The van der Waals surface area contributed by atoms with Crippen molar-refractivity contribution in [1.82, 2.24) is 4.90 Å². The number of carbonyl (C=O) groups excluding carboxylic acids is 2. The lowest BCUT2D eigenvalue weighted by Crippen LogP contribution is -2.37. The zero-order valence-electron chi connectivity index (χ0n) is 11.9. The molecule has 6 heteroatoms. The maximum Gasteiger partial charge on any atom is 0.410 e. The number of hydrogen-bond donors (Lipinski definition) is 0.